The largest absolute Gasteiger partial charge is 0.258 e. The van der Waals surface area contributed by atoms with Crippen molar-refractivity contribution < 1.29 is 0 Å². The van der Waals surface area contributed by atoms with Gasteiger partial charge in [0.05, 0.1) is 0 Å². The highest BCUT2D eigenvalue weighted by Crippen LogP contribution is 1.92. The molecule has 0 aliphatic rings. The molecule has 0 saturated heterocycles. The van der Waals surface area contributed by atoms with Crippen LogP contribution in [0, 0.1) is 0 Å². The summed E-state index contributed by atoms with van der Waals surface area (Å²) in [6.07, 6.45) is 1.39. The molecule has 0 amide bonds. The smallest absolute Gasteiger partial charge is 0.172 e. The Hall–Kier alpha value is -0.420. The van der Waals surface area contributed by atoms with Crippen LogP contribution in [0.3, 0.4) is 0 Å². The Morgan fingerprint density at radius 2 is 2.62 bits per heavy atom. The molecular formula is C3H3N3S2. The number of hydrogen-bond acceptors (Lipinski definition) is 3. The summed E-state index contributed by atoms with van der Waals surface area (Å²) in [5, 5.41) is 6.13. The summed E-state index contributed by atoms with van der Waals surface area (Å²) in [6, 6.07) is 0. The summed E-state index contributed by atoms with van der Waals surface area (Å²) in [5.41, 5.74) is 0. The number of H-pyrrole nitrogens is 1. The number of hydrogen-bond donors (Lipinski definition) is 2. The molecule has 3 nitrogen and oxygen atoms in total. The summed E-state index contributed by atoms with van der Waals surface area (Å²) >= 11 is 8.50. The van der Waals surface area contributed by atoms with E-state index in [4.69, 9.17) is 0 Å². The van der Waals surface area contributed by atoms with Gasteiger partial charge in [-0.15, -0.1) is 12.6 Å². The van der Waals surface area contributed by atoms with Gasteiger partial charge in [0.25, 0.3) is 0 Å². The van der Waals surface area contributed by atoms with Crippen molar-refractivity contribution in [3.63, 3.8) is 0 Å². The number of thiol groups is 1. The molecule has 0 spiro atoms. The molecule has 42 valence electrons. The summed E-state index contributed by atoms with van der Waals surface area (Å²) in [4.78, 5) is 3.73. The second kappa shape index (κ2) is 2.23. The van der Waals surface area contributed by atoms with Crippen LogP contribution in [-0.4, -0.2) is 19.4 Å². The van der Waals surface area contributed by atoms with Gasteiger partial charge >= 0.3 is 0 Å². The molecule has 0 saturated carbocycles. The van der Waals surface area contributed by atoms with Crippen molar-refractivity contribution in [2.24, 2.45) is 0 Å². The Kier molecular flexibility index (Phi) is 1.59. The van der Waals surface area contributed by atoms with E-state index in [1.807, 2.05) is 0 Å². The maximum Gasteiger partial charge on any atom is 0.172 e. The van der Waals surface area contributed by atoms with Crippen LogP contribution in [0.15, 0.2) is 6.33 Å². The van der Waals surface area contributed by atoms with Gasteiger partial charge in [-0.05, 0) is 0 Å². The van der Waals surface area contributed by atoms with E-state index in [2.05, 4.69) is 40.0 Å². The molecule has 0 aliphatic heterocycles. The Labute approximate surface area is 56.9 Å². The highest BCUT2D eigenvalue weighted by atomic mass is 32.1. The predicted octanol–water partition coefficient (Wildman–Crippen LogP) is 0.410. The van der Waals surface area contributed by atoms with Crippen LogP contribution < -0.4 is 0 Å². The fourth-order valence-electron chi connectivity index (χ4n) is 0.309. The average Bonchev–Trinajstić information content (AvgIpc) is 2.12. The van der Waals surface area contributed by atoms with Crippen LogP contribution in [0.1, 0.15) is 5.82 Å². The first-order chi connectivity index (χ1) is 3.80. The van der Waals surface area contributed by atoms with E-state index < -0.39 is 0 Å². The highest BCUT2D eigenvalue weighted by molar-refractivity contribution is 8.11. The molecule has 0 unspecified atom stereocenters. The molecule has 0 fully saturated rings. The van der Waals surface area contributed by atoms with Gasteiger partial charge < -0.3 is 0 Å². The Bertz CT molecular complexity index is 180. The zero-order chi connectivity index (χ0) is 5.98. The molecule has 0 aliphatic carbocycles. The predicted molar refractivity (Wildman–Crippen MR) is 37.1 cm³/mol. The minimum atomic E-state index is 0.433. The molecule has 0 bridgehead atoms. The maximum atomic E-state index is 4.65. The molecule has 8 heavy (non-hydrogen) atoms. The van der Waals surface area contributed by atoms with E-state index >= 15 is 0 Å². The minimum Gasteiger partial charge on any atom is -0.258 e. The van der Waals surface area contributed by atoms with Crippen molar-refractivity contribution >= 4 is 29.0 Å². The summed E-state index contributed by atoms with van der Waals surface area (Å²) in [7, 11) is 0. The van der Waals surface area contributed by atoms with E-state index in [0.29, 0.717) is 10.0 Å². The maximum absolute atomic E-state index is 4.65. The number of thiocarbonyl (C=S) groups is 1. The molecule has 1 heterocycles. The van der Waals surface area contributed by atoms with Crippen LogP contribution >= 0.6 is 24.8 Å². The lowest BCUT2D eigenvalue weighted by Gasteiger charge is -1.81. The number of nitrogens with zero attached hydrogens (tertiary/aromatic N) is 2. The van der Waals surface area contributed by atoms with Crippen LogP contribution in [-0.2, 0) is 0 Å². The fourth-order valence-corrected chi connectivity index (χ4v) is 0.515. The van der Waals surface area contributed by atoms with E-state index in [0.717, 1.165) is 0 Å². The Morgan fingerprint density at radius 3 is 2.88 bits per heavy atom. The summed E-state index contributed by atoms with van der Waals surface area (Å²) in [6.45, 7) is 0. The van der Waals surface area contributed by atoms with E-state index in [-0.39, 0.29) is 0 Å². The molecule has 1 aromatic rings. The molecule has 0 atom stereocenters. The number of nitrogens with one attached hydrogen (secondary N) is 1. The topological polar surface area (TPSA) is 41.6 Å². The van der Waals surface area contributed by atoms with Crippen LogP contribution in [0.4, 0.5) is 0 Å². The normalized spacial score (nSPS) is 9.12. The summed E-state index contributed by atoms with van der Waals surface area (Å²) in [5.74, 6) is 0.545. The molecule has 1 aromatic heterocycles. The quantitative estimate of drug-likeness (QED) is 0.444. The number of rotatable bonds is 1. The average molecular weight is 145 g/mol. The number of aromatic nitrogens is 3. The van der Waals surface area contributed by atoms with Crippen LogP contribution in [0.25, 0.3) is 0 Å². The zero-order valence-electron chi connectivity index (χ0n) is 3.83. The second-order valence-electron chi connectivity index (χ2n) is 1.14. The molecule has 5 heteroatoms. The first kappa shape index (κ1) is 5.71. The monoisotopic (exact) mass is 145 g/mol. The van der Waals surface area contributed by atoms with Crippen molar-refractivity contribution in [2.75, 3.05) is 0 Å². The molecular weight excluding hydrogens is 142 g/mol. The zero-order valence-corrected chi connectivity index (χ0v) is 5.54. The van der Waals surface area contributed by atoms with Gasteiger partial charge in [0.15, 0.2) is 5.82 Å². The van der Waals surface area contributed by atoms with Gasteiger partial charge in [-0.2, -0.15) is 5.10 Å². The van der Waals surface area contributed by atoms with Crippen molar-refractivity contribution in [3.8, 4) is 0 Å². The van der Waals surface area contributed by atoms with Gasteiger partial charge in [0, 0.05) is 0 Å². The highest BCUT2D eigenvalue weighted by Gasteiger charge is 1.94. The molecule has 1 rings (SSSR count). The lowest BCUT2D eigenvalue weighted by Crippen LogP contribution is -1.88. The SMILES string of the molecule is S=C(S)c1ncn[nH]1. The third kappa shape index (κ3) is 1.05. The van der Waals surface area contributed by atoms with E-state index in [1.165, 1.54) is 6.33 Å². The van der Waals surface area contributed by atoms with E-state index in [1.54, 1.807) is 0 Å². The standard InChI is InChI=1S/C3H3N3S2/c7-3(8)2-4-1-5-6-2/h1H,(H,7,8)(H,4,5,6). The molecule has 0 radical (unpaired) electrons. The second-order valence-corrected chi connectivity index (χ2v) is 2.30. The van der Waals surface area contributed by atoms with Gasteiger partial charge in [0.1, 0.15) is 10.5 Å². The fraction of sp³-hybridized carbons (Fsp3) is 0. The summed E-state index contributed by atoms with van der Waals surface area (Å²) < 4.78 is 0.433. The van der Waals surface area contributed by atoms with Crippen molar-refractivity contribution in [1.29, 1.82) is 0 Å². The van der Waals surface area contributed by atoms with Crippen molar-refractivity contribution in [3.05, 3.63) is 12.2 Å². The van der Waals surface area contributed by atoms with Gasteiger partial charge in [0.2, 0.25) is 0 Å². The van der Waals surface area contributed by atoms with E-state index in [9.17, 15) is 0 Å². The van der Waals surface area contributed by atoms with Gasteiger partial charge in [-0.3, -0.25) is 5.10 Å². The third-order valence-corrected chi connectivity index (χ3v) is 1.02. The number of aromatic amines is 1. The molecule has 0 aromatic carbocycles. The van der Waals surface area contributed by atoms with Crippen molar-refractivity contribution in [2.45, 2.75) is 0 Å². The van der Waals surface area contributed by atoms with Crippen LogP contribution in [0.5, 0.6) is 0 Å². The van der Waals surface area contributed by atoms with Gasteiger partial charge in [-0.1, -0.05) is 12.2 Å². The first-order valence-corrected chi connectivity index (χ1v) is 2.75. The Balaban J connectivity index is 2.93. The lowest BCUT2D eigenvalue weighted by atomic mass is 10.7. The lowest BCUT2D eigenvalue weighted by molar-refractivity contribution is 1.08. The third-order valence-electron chi connectivity index (χ3n) is 0.618. The van der Waals surface area contributed by atoms with Gasteiger partial charge in [-0.25, -0.2) is 4.98 Å². The van der Waals surface area contributed by atoms with Crippen molar-refractivity contribution in [1.82, 2.24) is 15.2 Å². The molecule has 1 N–H and O–H groups in total. The first-order valence-electron chi connectivity index (χ1n) is 1.89. The Morgan fingerprint density at radius 1 is 1.88 bits per heavy atom. The van der Waals surface area contributed by atoms with Crippen LogP contribution in [0.2, 0.25) is 0 Å². The minimum absolute atomic E-state index is 0.433.